The minimum atomic E-state index is -0.602. The molecule has 116 valence electrons. The molecule has 1 heterocycles. The fraction of sp³-hybridized carbons (Fsp3) is 0.111. The Morgan fingerprint density at radius 2 is 1.78 bits per heavy atom. The molecule has 23 heavy (non-hydrogen) atoms. The van der Waals surface area contributed by atoms with Gasteiger partial charge in [-0.3, -0.25) is 10.2 Å². The summed E-state index contributed by atoms with van der Waals surface area (Å²) in [6.45, 7) is 3.89. The van der Waals surface area contributed by atoms with Crippen LogP contribution in [0.2, 0.25) is 0 Å². The first kappa shape index (κ1) is 15.2. The van der Waals surface area contributed by atoms with Gasteiger partial charge in [0.25, 0.3) is 0 Å². The van der Waals surface area contributed by atoms with Gasteiger partial charge in [0.2, 0.25) is 0 Å². The lowest BCUT2D eigenvalue weighted by Gasteiger charge is -2.03. The largest absolute Gasteiger partial charge is 0.437 e. The molecule has 0 aliphatic carbocycles. The number of fused-ring (bicyclic) bond motifs is 1. The third-order valence-corrected chi connectivity index (χ3v) is 4.84. The molecule has 1 N–H and O–H groups in total. The second-order valence-electron chi connectivity index (χ2n) is 5.10. The molecule has 4 nitrogen and oxygen atoms in total. The number of oxime groups is 1. The van der Waals surface area contributed by atoms with Crippen molar-refractivity contribution in [3.05, 3.63) is 65.0 Å². The lowest BCUT2D eigenvalue weighted by Crippen LogP contribution is -2.11. The Kier molecular flexibility index (Phi) is 4.39. The van der Waals surface area contributed by atoms with Crippen LogP contribution in [0.1, 0.15) is 17.4 Å². The average molecular weight is 324 g/mol. The van der Waals surface area contributed by atoms with Crippen LogP contribution in [0.15, 0.2) is 59.8 Å². The number of carbonyl (C=O) groups is 1. The lowest BCUT2D eigenvalue weighted by molar-refractivity contribution is 0.166. The average Bonchev–Trinajstić information content (AvgIpc) is 2.91. The SMILES string of the molecule is C/C(=N\OC(=O)Nc1ccccc1)c1sc2ccccc2c1C. The number of benzene rings is 2. The molecule has 5 heteroatoms. The van der Waals surface area contributed by atoms with Crippen molar-refractivity contribution in [3.8, 4) is 0 Å². The van der Waals surface area contributed by atoms with Gasteiger partial charge in [0.1, 0.15) is 0 Å². The summed E-state index contributed by atoms with van der Waals surface area (Å²) in [6, 6.07) is 17.3. The van der Waals surface area contributed by atoms with E-state index >= 15 is 0 Å². The number of para-hydroxylation sites is 1. The molecule has 2 aromatic carbocycles. The number of thiophene rings is 1. The number of anilines is 1. The summed E-state index contributed by atoms with van der Waals surface area (Å²) in [6.07, 6.45) is -0.602. The third kappa shape index (κ3) is 3.40. The Balaban J connectivity index is 1.74. The highest BCUT2D eigenvalue weighted by molar-refractivity contribution is 7.21. The summed E-state index contributed by atoms with van der Waals surface area (Å²) >= 11 is 1.65. The minimum absolute atomic E-state index is 0.602. The number of nitrogens with zero attached hydrogens (tertiary/aromatic N) is 1. The predicted octanol–water partition coefficient (Wildman–Crippen LogP) is 5.18. The van der Waals surface area contributed by atoms with Crippen LogP contribution in [0.25, 0.3) is 10.1 Å². The van der Waals surface area contributed by atoms with Crippen LogP contribution in [0, 0.1) is 6.92 Å². The van der Waals surface area contributed by atoms with Gasteiger partial charge in [-0.15, -0.1) is 11.3 Å². The van der Waals surface area contributed by atoms with Crippen LogP contribution in [0.5, 0.6) is 0 Å². The predicted molar refractivity (Wildman–Crippen MR) is 95.3 cm³/mol. The zero-order chi connectivity index (χ0) is 16.2. The number of carbonyl (C=O) groups excluding carboxylic acids is 1. The molecule has 0 radical (unpaired) electrons. The molecule has 3 rings (SSSR count). The molecule has 0 saturated carbocycles. The van der Waals surface area contributed by atoms with Gasteiger partial charge in [0, 0.05) is 10.4 Å². The Morgan fingerprint density at radius 1 is 1.09 bits per heavy atom. The highest BCUT2D eigenvalue weighted by atomic mass is 32.1. The van der Waals surface area contributed by atoms with Gasteiger partial charge in [-0.25, -0.2) is 4.79 Å². The van der Waals surface area contributed by atoms with Crippen LogP contribution in [-0.2, 0) is 4.84 Å². The first-order chi connectivity index (χ1) is 11.1. The van der Waals surface area contributed by atoms with Crippen molar-refractivity contribution >= 4 is 38.9 Å². The summed E-state index contributed by atoms with van der Waals surface area (Å²) in [5.74, 6) is 0. The Bertz CT molecular complexity index is 869. The first-order valence-electron chi connectivity index (χ1n) is 7.21. The second-order valence-corrected chi connectivity index (χ2v) is 6.15. The molecule has 0 bridgehead atoms. The Labute approximate surface area is 138 Å². The lowest BCUT2D eigenvalue weighted by atomic mass is 10.1. The van der Waals surface area contributed by atoms with Gasteiger partial charge >= 0.3 is 6.09 Å². The van der Waals surface area contributed by atoms with Crippen LogP contribution in [0.3, 0.4) is 0 Å². The maximum atomic E-state index is 11.8. The molecular weight excluding hydrogens is 308 g/mol. The van der Waals surface area contributed by atoms with E-state index in [9.17, 15) is 4.79 Å². The number of rotatable bonds is 3. The second kappa shape index (κ2) is 6.62. The molecule has 0 unspecified atom stereocenters. The molecule has 0 saturated heterocycles. The molecule has 0 spiro atoms. The van der Waals surface area contributed by atoms with E-state index in [4.69, 9.17) is 4.84 Å². The smallest absolute Gasteiger partial charge is 0.297 e. The quantitative estimate of drug-likeness (QED) is 0.410. The normalized spacial score (nSPS) is 11.5. The van der Waals surface area contributed by atoms with Crippen LogP contribution < -0.4 is 5.32 Å². The number of nitrogens with one attached hydrogen (secondary N) is 1. The van der Waals surface area contributed by atoms with Crippen LogP contribution in [0.4, 0.5) is 10.5 Å². The van der Waals surface area contributed by atoms with E-state index in [0.717, 1.165) is 10.4 Å². The first-order valence-corrected chi connectivity index (χ1v) is 8.03. The maximum absolute atomic E-state index is 11.8. The third-order valence-electron chi connectivity index (χ3n) is 3.46. The fourth-order valence-corrected chi connectivity index (χ4v) is 3.48. The summed E-state index contributed by atoms with van der Waals surface area (Å²) in [5, 5.41) is 7.79. The van der Waals surface area contributed by atoms with Crippen molar-refractivity contribution < 1.29 is 9.63 Å². The van der Waals surface area contributed by atoms with Crippen molar-refractivity contribution in [2.45, 2.75) is 13.8 Å². The summed E-state index contributed by atoms with van der Waals surface area (Å²) < 4.78 is 1.20. The Morgan fingerprint density at radius 3 is 2.52 bits per heavy atom. The van der Waals surface area contributed by atoms with Gasteiger partial charge < -0.3 is 0 Å². The zero-order valence-corrected chi connectivity index (χ0v) is 13.7. The molecule has 0 aliphatic rings. The van der Waals surface area contributed by atoms with E-state index in [1.165, 1.54) is 10.1 Å². The molecule has 1 aromatic heterocycles. The number of hydrogen-bond donors (Lipinski definition) is 1. The van der Waals surface area contributed by atoms with Gasteiger partial charge in [-0.05, 0) is 43.0 Å². The van der Waals surface area contributed by atoms with E-state index in [1.807, 2.05) is 37.3 Å². The molecular formula is C18H16N2O2S. The van der Waals surface area contributed by atoms with Crippen molar-refractivity contribution in [2.24, 2.45) is 5.16 Å². The summed E-state index contributed by atoms with van der Waals surface area (Å²) in [7, 11) is 0. The van der Waals surface area contributed by atoms with E-state index in [0.29, 0.717) is 11.4 Å². The van der Waals surface area contributed by atoms with E-state index in [1.54, 1.807) is 23.5 Å². The summed E-state index contributed by atoms with van der Waals surface area (Å²) in [5.41, 5.74) is 2.51. The molecule has 0 aliphatic heterocycles. The number of aryl methyl sites for hydroxylation is 1. The van der Waals surface area contributed by atoms with Crippen LogP contribution in [-0.4, -0.2) is 11.8 Å². The van der Waals surface area contributed by atoms with E-state index in [-0.39, 0.29) is 0 Å². The zero-order valence-electron chi connectivity index (χ0n) is 12.9. The number of amides is 1. The highest BCUT2D eigenvalue weighted by Gasteiger charge is 2.11. The summed E-state index contributed by atoms with van der Waals surface area (Å²) in [4.78, 5) is 17.8. The topological polar surface area (TPSA) is 50.7 Å². The molecule has 1 amide bonds. The molecule has 3 aromatic rings. The fourth-order valence-electron chi connectivity index (χ4n) is 2.33. The van der Waals surface area contributed by atoms with E-state index in [2.05, 4.69) is 29.5 Å². The van der Waals surface area contributed by atoms with Crippen molar-refractivity contribution in [1.29, 1.82) is 0 Å². The molecule has 0 atom stereocenters. The standard InChI is InChI=1S/C18H16N2O2S/c1-12-15-10-6-7-11-16(15)23-17(12)13(2)20-22-18(21)19-14-8-4-3-5-9-14/h3-11H,1-2H3,(H,19,21)/b20-13+. The van der Waals surface area contributed by atoms with Gasteiger partial charge in [0.15, 0.2) is 0 Å². The maximum Gasteiger partial charge on any atom is 0.437 e. The van der Waals surface area contributed by atoms with Crippen molar-refractivity contribution in [3.63, 3.8) is 0 Å². The van der Waals surface area contributed by atoms with Gasteiger partial charge in [-0.2, -0.15) is 0 Å². The number of hydrogen-bond acceptors (Lipinski definition) is 4. The van der Waals surface area contributed by atoms with Crippen LogP contribution >= 0.6 is 11.3 Å². The van der Waals surface area contributed by atoms with Gasteiger partial charge in [0.05, 0.1) is 10.6 Å². The van der Waals surface area contributed by atoms with E-state index < -0.39 is 6.09 Å². The molecule has 0 fully saturated rings. The minimum Gasteiger partial charge on any atom is -0.297 e. The highest BCUT2D eigenvalue weighted by Crippen LogP contribution is 2.31. The van der Waals surface area contributed by atoms with Gasteiger partial charge in [-0.1, -0.05) is 41.6 Å². The Hall–Kier alpha value is -2.66. The monoisotopic (exact) mass is 324 g/mol. The van der Waals surface area contributed by atoms with Crippen molar-refractivity contribution in [2.75, 3.05) is 5.32 Å². The van der Waals surface area contributed by atoms with Crippen molar-refractivity contribution in [1.82, 2.24) is 0 Å².